The average molecular weight is 340 g/mol. The van der Waals surface area contributed by atoms with Crippen LogP contribution in [0, 0.1) is 12.8 Å². The molecule has 1 aliphatic heterocycles. The topological polar surface area (TPSA) is 99.9 Å². The van der Waals surface area contributed by atoms with Gasteiger partial charge < -0.3 is 10.3 Å². The minimum absolute atomic E-state index is 0.115. The number of amides is 1. The molecule has 8 heteroatoms. The number of nitrogens with one attached hydrogen (secondary N) is 2. The number of carbonyl (C=O) groups is 1. The molecule has 3 aromatic rings. The molecule has 25 heavy (non-hydrogen) atoms. The second-order valence-corrected chi connectivity index (χ2v) is 6.53. The zero-order valence-corrected chi connectivity index (χ0v) is 14.0. The largest absolute Gasteiger partial charge is 0.350 e. The first-order valence-electron chi connectivity index (χ1n) is 8.41. The van der Waals surface area contributed by atoms with Crippen molar-refractivity contribution in [2.75, 3.05) is 19.6 Å². The van der Waals surface area contributed by atoms with Gasteiger partial charge in [-0.05, 0) is 47.8 Å². The van der Waals surface area contributed by atoms with E-state index in [2.05, 4.69) is 36.6 Å². The van der Waals surface area contributed by atoms with Crippen molar-refractivity contribution in [2.45, 2.75) is 19.9 Å². The number of carbonyl (C=O) groups excluding carboxylic acids is 1. The fourth-order valence-corrected chi connectivity index (χ4v) is 3.36. The Kier molecular flexibility index (Phi) is 4.19. The van der Waals surface area contributed by atoms with Gasteiger partial charge in [-0.1, -0.05) is 12.1 Å². The lowest BCUT2D eigenvalue weighted by atomic mass is 10.1. The van der Waals surface area contributed by atoms with Crippen molar-refractivity contribution in [1.29, 1.82) is 0 Å². The summed E-state index contributed by atoms with van der Waals surface area (Å²) in [5.74, 6) is 0.327. The number of aryl methyl sites for hydroxylation is 1. The van der Waals surface area contributed by atoms with Gasteiger partial charge in [0, 0.05) is 25.3 Å². The number of H-pyrrole nitrogens is 1. The number of rotatable bonds is 5. The first-order valence-corrected chi connectivity index (χ1v) is 8.41. The van der Waals surface area contributed by atoms with Gasteiger partial charge in [-0.2, -0.15) is 0 Å². The molecule has 0 spiro atoms. The van der Waals surface area contributed by atoms with Crippen molar-refractivity contribution >= 4 is 16.9 Å². The van der Waals surface area contributed by atoms with Crippen LogP contribution in [0.1, 0.15) is 28.2 Å². The van der Waals surface area contributed by atoms with Crippen molar-refractivity contribution < 1.29 is 9.42 Å². The summed E-state index contributed by atoms with van der Waals surface area (Å²) < 4.78 is 4.83. The standard InChI is InChI=1S/C17H20N6O2/c1-11-15(20-10-19-11)17(24)18-7-12-5-6-23(8-12)9-13-3-2-4-14-16(13)22-25-21-14/h2-4,10,12H,5-9H2,1H3,(H,18,24)(H,19,20)/t12-/m0/s1. The Morgan fingerprint density at radius 2 is 2.36 bits per heavy atom. The lowest BCUT2D eigenvalue weighted by molar-refractivity contribution is 0.0942. The highest BCUT2D eigenvalue weighted by Gasteiger charge is 2.24. The maximum Gasteiger partial charge on any atom is 0.271 e. The van der Waals surface area contributed by atoms with Crippen molar-refractivity contribution in [1.82, 2.24) is 30.5 Å². The normalized spacial score (nSPS) is 18.0. The Morgan fingerprint density at radius 3 is 3.20 bits per heavy atom. The summed E-state index contributed by atoms with van der Waals surface area (Å²) in [5, 5.41) is 10.9. The number of imidazole rings is 1. The van der Waals surface area contributed by atoms with E-state index in [0.29, 0.717) is 18.2 Å². The Hall–Kier alpha value is -2.74. The highest BCUT2D eigenvalue weighted by atomic mass is 16.6. The predicted molar refractivity (Wildman–Crippen MR) is 90.8 cm³/mol. The molecule has 8 nitrogen and oxygen atoms in total. The molecule has 1 atom stereocenters. The zero-order chi connectivity index (χ0) is 17.2. The first-order chi connectivity index (χ1) is 12.2. The third-order valence-corrected chi connectivity index (χ3v) is 4.73. The molecule has 0 unspecified atom stereocenters. The molecule has 2 N–H and O–H groups in total. The molecule has 1 fully saturated rings. The maximum absolute atomic E-state index is 12.1. The van der Waals surface area contributed by atoms with Crippen molar-refractivity contribution in [3.63, 3.8) is 0 Å². The van der Waals surface area contributed by atoms with Crippen molar-refractivity contribution in [3.8, 4) is 0 Å². The summed E-state index contributed by atoms with van der Waals surface area (Å²) in [5.41, 5.74) is 4.00. The Labute approximate surface area is 144 Å². The molecule has 1 saturated heterocycles. The number of likely N-dealkylation sites (tertiary alicyclic amines) is 1. The number of hydrogen-bond donors (Lipinski definition) is 2. The van der Waals surface area contributed by atoms with Crippen molar-refractivity contribution in [3.05, 3.63) is 41.5 Å². The molecule has 2 aromatic heterocycles. The molecule has 0 saturated carbocycles. The van der Waals surface area contributed by atoms with Crippen LogP contribution < -0.4 is 5.32 Å². The zero-order valence-electron chi connectivity index (χ0n) is 14.0. The second-order valence-electron chi connectivity index (χ2n) is 6.53. The fraction of sp³-hybridized carbons (Fsp3) is 0.412. The van der Waals surface area contributed by atoms with E-state index in [-0.39, 0.29) is 5.91 Å². The quantitative estimate of drug-likeness (QED) is 0.730. The summed E-state index contributed by atoms with van der Waals surface area (Å²) >= 11 is 0. The average Bonchev–Trinajstić information content (AvgIpc) is 3.33. The SMILES string of the molecule is Cc1[nH]cnc1C(=O)NC[C@@H]1CCN(Cc2cccc3nonc23)C1. The molecular formula is C17H20N6O2. The van der Waals surface area contributed by atoms with Crippen LogP contribution in [-0.2, 0) is 6.54 Å². The summed E-state index contributed by atoms with van der Waals surface area (Å²) in [7, 11) is 0. The van der Waals surface area contributed by atoms with Gasteiger partial charge >= 0.3 is 0 Å². The minimum Gasteiger partial charge on any atom is -0.350 e. The Balaban J connectivity index is 1.32. The second kappa shape index (κ2) is 6.64. The summed E-state index contributed by atoms with van der Waals surface area (Å²) in [6.45, 7) is 5.27. The van der Waals surface area contributed by atoms with E-state index in [9.17, 15) is 4.79 Å². The van der Waals surface area contributed by atoms with Gasteiger partial charge in [0.1, 0.15) is 16.7 Å². The number of benzene rings is 1. The number of aromatic nitrogens is 4. The molecular weight excluding hydrogens is 320 g/mol. The van der Waals surface area contributed by atoms with Crippen LogP contribution in [-0.4, -0.2) is 50.7 Å². The highest BCUT2D eigenvalue weighted by molar-refractivity contribution is 5.93. The molecule has 1 aromatic carbocycles. The molecule has 1 amide bonds. The van der Waals surface area contributed by atoms with Crippen LogP contribution in [0.5, 0.6) is 0 Å². The Morgan fingerprint density at radius 1 is 1.44 bits per heavy atom. The third-order valence-electron chi connectivity index (χ3n) is 4.73. The molecule has 130 valence electrons. The molecule has 0 bridgehead atoms. The van der Waals surface area contributed by atoms with Crippen LogP contribution in [0.3, 0.4) is 0 Å². The lowest BCUT2D eigenvalue weighted by Gasteiger charge is -2.16. The first kappa shape index (κ1) is 15.8. The van der Waals surface area contributed by atoms with E-state index in [1.807, 2.05) is 19.1 Å². The van der Waals surface area contributed by atoms with Gasteiger partial charge in [0.15, 0.2) is 0 Å². The van der Waals surface area contributed by atoms with Gasteiger partial charge in [-0.15, -0.1) is 0 Å². The van der Waals surface area contributed by atoms with E-state index in [1.165, 1.54) is 0 Å². The molecule has 4 rings (SSSR count). The van der Waals surface area contributed by atoms with Gasteiger partial charge in [-0.25, -0.2) is 9.61 Å². The maximum atomic E-state index is 12.1. The number of aromatic amines is 1. The number of nitrogens with zero attached hydrogens (tertiary/aromatic N) is 4. The van der Waals surface area contributed by atoms with E-state index >= 15 is 0 Å². The third kappa shape index (κ3) is 3.25. The van der Waals surface area contributed by atoms with E-state index in [1.54, 1.807) is 6.33 Å². The van der Waals surface area contributed by atoms with Crippen LogP contribution in [0.25, 0.3) is 11.0 Å². The monoisotopic (exact) mass is 340 g/mol. The smallest absolute Gasteiger partial charge is 0.271 e. The molecule has 3 heterocycles. The lowest BCUT2D eigenvalue weighted by Crippen LogP contribution is -2.31. The van der Waals surface area contributed by atoms with E-state index in [4.69, 9.17) is 4.63 Å². The number of fused-ring (bicyclic) bond motifs is 1. The molecule has 1 aliphatic rings. The van der Waals surface area contributed by atoms with Crippen LogP contribution in [0.15, 0.2) is 29.2 Å². The molecule has 0 radical (unpaired) electrons. The number of hydrogen-bond acceptors (Lipinski definition) is 6. The van der Waals surface area contributed by atoms with Gasteiger partial charge in [0.05, 0.1) is 6.33 Å². The van der Waals surface area contributed by atoms with Gasteiger partial charge in [-0.3, -0.25) is 9.69 Å². The fourth-order valence-electron chi connectivity index (χ4n) is 3.36. The van der Waals surface area contributed by atoms with Gasteiger partial charge in [0.2, 0.25) is 0 Å². The minimum atomic E-state index is -0.115. The summed E-state index contributed by atoms with van der Waals surface area (Å²) in [6, 6.07) is 5.93. The van der Waals surface area contributed by atoms with Crippen LogP contribution >= 0.6 is 0 Å². The van der Waals surface area contributed by atoms with E-state index in [0.717, 1.165) is 48.3 Å². The Bertz CT molecular complexity index is 886. The highest BCUT2D eigenvalue weighted by Crippen LogP contribution is 2.21. The van der Waals surface area contributed by atoms with E-state index < -0.39 is 0 Å². The predicted octanol–water partition coefficient (Wildman–Crippen LogP) is 1.51. The van der Waals surface area contributed by atoms with Gasteiger partial charge in [0.25, 0.3) is 5.91 Å². The van der Waals surface area contributed by atoms with Crippen LogP contribution in [0.4, 0.5) is 0 Å². The summed E-state index contributed by atoms with van der Waals surface area (Å²) in [4.78, 5) is 21.5. The van der Waals surface area contributed by atoms with Crippen molar-refractivity contribution in [2.24, 2.45) is 5.92 Å². The van der Waals surface area contributed by atoms with Crippen LogP contribution in [0.2, 0.25) is 0 Å². The molecule has 0 aliphatic carbocycles. The summed E-state index contributed by atoms with van der Waals surface area (Å²) in [6.07, 6.45) is 2.60.